The molecule has 0 aromatic heterocycles. The molecule has 0 bridgehead atoms. The second-order valence-electron chi connectivity index (χ2n) is 3.29. The standard InChI is InChI=1S/C7H17NO2Si/c1-7-5-11(9-3,10-4)6-8(7)2/h7H,5-6H2,1-4H3. The molecule has 1 aliphatic heterocycles. The Kier molecular flexibility index (Phi) is 2.69. The predicted octanol–water partition coefficient (Wildman–Crippen LogP) is 0.594. The summed E-state index contributed by atoms with van der Waals surface area (Å²) < 4.78 is 10.9. The largest absolute Gasteiger partial charge is 0.397 e. The third kappa shape index (κ3) is 1.64. The maximum atomic E-state index is 5.46. The van der Waals surface area contributed by atoms with Crippen molar-refractivity contribution in [2.45, 2.75) is 19.0 Å². The number of rotatable bonds is 2. The van der Waals surface area contributed by atoms with Crippen molar-refractivity contribution in [1.82, 2.24) is 4.90 Å². The summed E-state index contributed by atoms with van der Waals surface area (Å²) in [5.74, 6) is 0. The summed E-state index contributed by atoms with van der Waals surface area (Å²) in [5.41, 5.74) is 0. The Hall–Kier alpha value is 0.0969. The zero-order valence-electron chi connectivity index (χ0n) is 7.76. The highest BCUT2D eigenvalue weighted by Gasteiger charge is 2.45. The van der Waals surface area contributed by atoms with Gasteiger partial charge in [-0.1, -0.05) is 0 Å². The minimum Gasteiger partial charge on any atom is -0.397 e. The van der Waals surface area contributed by atoms with Crippen LogP contribution in [0.4, 0.5) is 0 Å². The average Bonchev–Trinajstić information content (AvgIpc) is 2.29. The second-order valence-corrected chi connectivity index (χ2v) is 6.65. The molecule has 0 radical (unpaired) electrons. The fourth-order valence-electron chi connectivity index (χ4n) is 1.59. The minimum absolute atomic E-state index is 0.613. The van der Waals surface area contributed by atoms with E-state index < -0.39 is 8.56 Å². The monoisotopic (exact) mass is 175 g/mol. The zero-order chi connectivity index (χ0) is 8.48. The number of hydrogen-bond acceptors (Lipinski definition) is 3. The number of nitrogens with zero attached hydrogens (tertiary/aromatic N) is 1. The maximum Gasteiger partial charge on any atom is 0.353 e. The van der Waals surface area contributed by atoms with Crippen LogP contribution < -0.4 is 0 Å². The third-order valence-electron chi connectivity index (χ3n) is 2.59. The Bertz CT molecular complexity index is 126. The molecule has 0 N–H and O–H groups in total. The van der Waals surface area contributed by atoms with E-state index in [0.717, 1.165) is 12.2 Å². The van der Waals surface area contributed by atoms with Crippen LogP contribution in [0.3, 0.4) is 0 Å². The van der Waals surface area contributed by atoms with E-state index in [1.807, 2.05) is 0 Å². The molecular weight excluding hydrogens is 158 g/mol. The first kappa shape index (κ1) is 9.19. The van der Waals surface area contributed by atoms with Gasteiger partial charge in [0.15, 0.2) is 0 Å². The van der Waals surface area contributed by atoms with Gasteiger partial charge in [0.25, 0.3) is 0 Å². The van der Waals surface area contributed by atoms with E-state index in [0.29, 0.717) is 6.04 Å². The van der Waals surface area contributed by atoms with Gasteiger partial charge in [-0.25, -0.2) is 0 Å². The van der Waals surface area contributed by atoms with Crippen molar-refractivity contribution in [3.63, 3.8) is 0 Å². The lowest BCUT2D eigenvalue weighted by molar-refractivity contribution is 0.242. The van der Waals surface area contributed by atoms with E-state index >= 15 is 0 Å². The first-order valence-corrected chi connectivity index (χ1v) is 6.17. The van der Waals surface area contributed by atoms with E-state index in [4.69, 9.17) is 8.85 Å². The van der Waals surface area contributed by atoms with Gasteiger partial charge in [0.05, 0.1) is 0 Å². The van der Waals surface area contributed by atoms with Crippen LogP contribution in [0.15, 0.2) is 0 Å². The molecule has 0 aromatic carbocycles. The van der Waals surface area contributed by atoms with E-state index in [-0.39, 0.29) is 0 Å². The Morgan fingerprint density at radius 1 is 1.36 bits per heavy atom. The van der Waals surface area contributed by atoms with E-state index in [2.05, 4.69) is 18.9 Å². The molecule has 1 heterocycles. The van der Waals surface area contributed by atoms with Gasteiger partial charge in [0, 0.05) is 32.5 Å². The molecule has 66 valence electrons. The Morgan fingerprint density at radius 3 is 2.09 bits per heavy atom. The molecule has 0 spiro atoms. The highest BCUT2D eigenvalue weighted by molar-refractivity contribution is 6.68. The lowest BCUT2D eigenvalue weighted by Crippen LogP contribution is -2.42. The van der Waals surface area contributed by atoms with Gasteiger partial charge in [0.1, 0.15) is 0 Å². The summed E-state index contributed by atoms with van der Waals surface area (Å²) in [6, 6.07) is 1.71. The molecular formula is C7H17NO2Si. The topological polar surface area (TPSA) is 21.7 Å². The van der Waals surface area contributed by atoms with Gasteiger partial charge >= 0.3 is 8.56 Å². The third-order valence-corrected chi connectivity index (χ3v) is 6.27. The molecule has 0 aromatic rings. The molecule has 1 unspecified atom stereocenters. The van der Waals surface area contributed by atoms with Crippen LogP contribution in [-0.2, 0) is 8.85 Å². The molecule has 4 heteroatoms. The summed E-state index contributed by atoms with van der Waals surface area (Å²) in [4.78, 5) is 2.30. The normalized spacial score (nSPS) is 31.1. The van der Waals surface area contributed by atoms with E-state index in [1.54, 1.807) is 14.2 Å². The van der Waals surface area contributed by atoms with Crippen molar-refractivity contribution in [3.05, 3.63) is 0 Å². The summed E-state index contributed by atoms with van der Waals surface area (Å²) in [5, 5.41) is 0. The molecule has 1 fully saturated rings. The fraction of sp³-hybridized carbons (Fsp3) is 1.00. The van der Waals surface area contributed by atoms with Crippen LogP contribution in [-0.4, -0.2) is 46.9 Å². The lowest BCUT2D eigenvalue weighted by atomic mass is 10.4. The Labute approximate surface area is 69.5 Å². The van der Waals surface area contributed by atoms with Crippen LogP contribution >= 0.6 is 0 Å². The van der Waals surface area contributed by atoms with Crippen LogP contribution in [0, 0.1) is 0 Å². The van der Waals surface area contributed by atoms with Crippen LogP contribution in [0.25, 0.3) is 0 Å². The van der Waals surface area contributed by atoms with Crippen LogP contribution in [0.1, 0.15) is 6.92 Å². The summed E-state index contributed by atoms with van der Waals surface area (Å²) >= 11 is 0. The highest BCUT2D eigenvalue weighted by atomic mass is 28.4. The first-order chi connectivity index (χ1) is 5.13. The van der Waals surface area contributed by atoms with Gasteiger partial charge in [0.2, 0.25) is 0 Å². The van der Waals surface area contributed by atoms with E-state index in [1.165, 1.54) is 0 Å². The van der Waals surface area contributed by atoms with Gasteiger partial charge < -0.3 is 13.8 Å². The maximum absolute atomic E-state index is 5.46. The lowest BCUT2D eigenvalue weighted by Gasteiger charge is -2.21. The quantitative estimate of drug-likeness (QED) is 0.574. The number of hydrogen-bond donors (Lipinski definition) is 0. The van der Waals surface area contributed by atoms with Gasteiger partial charge in [-0.05, 0) is 14.0 Å². The second kappa shape index (κ2) is 3.22. The van der Waals surface area contributed by atoms with Crippen molar-refractivity contribution in [1.29, 1.82) is 0 Å². The van der Waals surface area contributed by atoms with Gasteiger partial charge in [-0.15, -0.1) is 0 Å². The average molecular weight is 175 g/mol. The van der Waals surface area contributed by atoms with Crippen molar-refractivity contribution in [2.75, 3.05) is 27.4 Å². The van der Waals surface area contributed by atoms with Crippen LogP contribution in [0.5, 0.6) is 0 Å². The van der Waals surface area contributed by atoms with Crippen LogP contribution in [0.2, 0.25) is 6.04 Å². The predicted molar refractivity (Wildman–Crippen MR) is 46.7 cm³/mol. The van der Waals surface area contributed by atoms with Gasteiger partial charge in [-0.2, -0.15) is 0 Å². The summed E-state index contributed by atoms with van der Waals surface area (Å²) in [7, 11) is 3.87. The fourth-order valence-corrected chi connectivity index (χ4v) is 4.76. The smallest absolute Gasteiger partial charge is 0.353 e. The first-order valence-electron chi connectivity index (χ1n) is 3.94. The molecule has 0 saturated carbocycles. The molecule has 1 atom stereocenters. The van der Waals surface area contributed by atoms with Crippen molar-refractivity contribution >= 4 is 8.56 Å². The van der Waals surface area contributed by atoms with E-state index in [9.17, 15) is 0 Å². The van der Waals surface area contributed by atoms with Crippen molar-refractivity contribution < 1.29 is 8.85 Å². The molecule has 1 aliphatic rings. The SMILES string of the molecule is CO[Si]1(OC)CC(C)N(C)C1. The molecule has 1 saturated heterocycles. The summed E-state index contributed by atoms with van der Waals surface area (Å²) in [6.45, 7) is 2.22. The Balaban J connectivity index is 2.61. The van der Waals surface area contributed by atoms with Crippen molar-refractivity contribution in [2.24, 2.45) is 0 Å². The molecule has 1 rings (SSSR count). The van der Waals surface area contributed by atoms with Gasteiger partial charge in [-0.3, -0.25) is 0 Å². The molecule has 0 amide bonds. The molecule has 11 heavy (non-hydrogen) atoms. The molecule has 0 aliphatic carbocycles. The highest BCUT2D eigenvalue weighted by Crippen LogP contribution is 2.25. The minimum atomic E-state index is -1.78. The zero-order valence-corrected chi connectivity index (χ0v) is 8.76. The molecule has 3 nitrogen and oxygen atoms in total. The Morgan fingerprint density at radius 2 is 1.91 bits per heavy atom. The summed E-state index contributed by atoms with van der Waals surface area (Å²) in [6.07, 6.45) is 1.00. The van der Waals surface area contributed by atoms with Crippen molar-refractivity contribution in [3.8, 4) is 0 Å².